The molecule has 0 radical (unpaired) electrons. The number of rotatable bonds is 6. The Morgan fingerprint density at radius 1 is 1.12 bits per heavy atom. The molecule has 0 spiro atoms. The summed E-state index contributed by atoms with van der Waals surface area (Å²) in [5, 5.41) is 3.68. The maximum Gasteiger partial charge on any atom is 0.0175 e. The standard InChI is InChI=1S/C15H24BrN/c1-5-11(2)13(4)17-12(3)10-14-6-8-15(16)9-7-14/h6-9,11-13,17H,5,10H2,1-4H3. The zero-order chi connectivity index (χ0) is 12.8. The number of nitrogens with one attached hydrogen (secondary N) is 1. The molecule has 0 fully saturated rings. The molecule has 1 N–H and O–H groups in total. The molecule has 2 heteroatoms. The normalized spacial score (nSPS) is 16.5. The number of halogens is 1. The van der Waals surface area contributed by atoms with Crippen LogP contribution < -0.4 is 5.32 Å². The van der Waals surface area contributed by atoms with Crippen LogP contribution in [0.3, 0.4) is 0 Å². The summed E-state index contributed by atoms with van der Waals surface area (Å²) < 4.78 is 1.15. The summed E-state index contributed by atoms with van der Waals surface area (Å²) in [4.78, 5) is 0. The van der Waals surface area contributed by atoms with Crippen molar-refractivity contribution in [3.8, 4) is 0 Å². The second-order valence-corrected chi connectivity index (χ2v) is 5.99. The summed E-state index contributed by atoms with van der Waals surface area (Å²) >= 11 is 3.46. The minimum absolute atomic E-state index is 0.528. The van der Waals surface area contributed by atoms with Crippen molar-refractivity contribution >= 4 is 15.9 Å². The van der Waals surface area contributed by atoms with E-state index in [0.717, 1.165) is 16.8 Å². The highest BCUT2D eigenvalue weighted by atomic mass is 79.9. The molecule has 0 aliphatic carbocycles. The van der Waals surface area contributed by atoms with Crippen molar-refractivity contribution < 1.29 is 0 Å². The van der Waals surface area contributed by atoms with Gasteiger partial charge in [0.15, 0.2) is 0 Å². The van der Waals surface area contributed by atoms with Gasteiger partial charge in [-0.2, -0.15) is 0 Å². The first-order valence-electron chi connectivity index (χ1n) is 6.53. The molecular weight excluding hydrogens is 274 g/mol. The molecule has 0 heterocycles. The second kappa shape index (κ2) is 7.17. The molecule has 1 aromatic rings. The molecular formula is C15H24BrN. The van der Waals surface area contributed by atoms with E-state index in [4.69, 9.17) is 0 Å². The Kier molecular flexibility index (Phi) is 6.21. The van der Waals surface area contributed by atoms with Crippen molar-refractivity contribution in [3.05, 3.63) is 34.3 Å². The smallest absolute Gasteiger partial charge is 0.0175 e. The van der Waals surface area contributed by atoms with Gasteiger partial charge in [-0.05, 0) is 43.9 Å². The Balaban J connectivity index is 2.44. The average molecular weight is 298 g/mol. The fraction of sp³-hybridized carbons (Fsp3) is 0.600. The monoisotopic (exact) mass is 297 g/mol. The molecule has 0 aliphatic heterocycles. The quantitative estimate of drug-likeness (QED) is 0.820. The number of hydrogen-bond acceptors (Lipinski definition) is 1. The van der Waals surface area contributed by atoms with E-state index >= 15 is 0 Å². The SMILES string of the molecule is CCC(C)C(C)NC(C)Cc1ccc(Br)cc1. The molecule has 1 rings (SSSR count). The largest absolute Gasteiger partial charge is 0.311 e. The summed E-state index contributed by atoms with van der Waals surface area (Å²) in [6.45, 7) is 9.11. The first-order valence-corrected chi connectivity index (χ1v) is 7.32. The predicted molar refractivity (Wildman–Crippen MR) is 79.4 cm³/mol. The van der Waals surface area contributed by atoms with Crippen LogP contribution in [0, 0.1) is 5.92 Å². The maximum atomic E-state index is 3.68. The van der Waals surface area contributed by atoms with Crippen molar-refractivity contribution in [1.82, 2.24) is 5.32 Å². The van der Waals surface area contributed by atoms with Gasteiger partial charge in [-0.25, -0.2) is 0 Å². The third-order valence-electron chi connectivity index (χ3n) is 3.50. The third kappa shape index (κ3) is 5.22. The molecule has 3 unspecified atom stereocenters. The lowest BCUT2D eigenvalue weighted by Crippen LogP contribution is -2.39. The molecule has 1 nitrogen and oxygen atoms in total. The van der Waals surface area contributed by atoms with Gasteiger partial charge < -0.3 is 5.32 Å². The van der Waals surface area contributed by atoms with Gasteiger partial charge in [0.05, 0.1) is 0 Å². The predicted octanol–water partition coefficient (Wildman–Crippen LogP) is 4.40. The Morgan fingerprint density at radius 2 is 1.71 bits per heavy atom. The molecule has 17 heavy (non-hydrogen) atoms. The molecule has 3 atom stereocenters. The summed E-state index contributed by atoms with van der Waals surface area (Å²) in [6, 6.07) is 9.72. The van der Waals surface area contributed by atoms with Crippen molar-refractivity contribution in [2.45, 2.75) is 52.6 Å². The Morgan fingerprint density at radius 3 is 2.24 bits per heavy atom. The summed E-state index contributed by atoms with van der Waals surface area (Å²) in [5.41, 5.74) is 1.39. The van der Waals surface area contributed by atoms with E-state index in [-0.39, 0.29) is 0 Å². The fourth-order valence-corrected chi connectivity index (χ4v) is 2.26. The van der Waals surface area contributed by atoms with Gasteiger partial charge in [0, 0.05) is 16.6 Å². The molecule has 0 aliphatic rings. The number of benzene rings is 1. The van der Waals surface area contributed by atoms with Gasteiger partial charge in [-0.15, -0.1) is 0 Å². The van der Waals surface area contributed by atoms with Crippen molar-refractivity contribution in [2.24, 2.45) is 5.92 Å². The lowest BCUT2D eigenvalue weighted by atomic mass is 9.99. The van der Waals surface area contributed by atoms with E-state index in [9.17, 15) is 0 Å². The van der Waals surface area contributed by atoms with Gasteiger partial charge in [0.25, 0.3) is 0 Å². The van der Waals surface area contributed by atoms with Gasteiger partial charge in [-0.3, -0.25) is 0 Å². The van der Waals surface area contributed by atoms with E-state index in [1.165, 1.54) is 12.0 Å². The average Bonchev–Trinajstić information content (AvgIpc) is 2.30. The Labute approximate surface area is 114 Å². The highest BCUT2D eigenvalue weighted by molar-refractivity contribution is 9.10. The van der Waals surface area contributed by atoms with Gasteiger partial charge in [0.1, 0.15) is 0 Å². The molecule has 0 amide bonds. The van der Waals surface area contributed by atoms with Crippen LogP contribution in [0.25, 0.3) is 0 Å². The molecule has 0 bridgehead atoms. The first kappa shape index (κ1) is 14.7. The summed E-state index contributed by atoms with van der Waals surface area (Å²) in [7, 11) is 0. The van der Waals surface area contributed by atoms with Crippen LogP contribution in [0.15, 0.2) is 28.7 Å². The first-order chi connectivity index (χ1) is 8.02. The van der Waals surface area contributed by atoms with Crippen LogP contribution in [0.1, 0.15) is 39.7 Å². The van der Waals surface area contributed by atoms with Gasteiger partial charge in [0.2, 0.25) is 0 Å². The van der Waals surface area contributed by atoms with Crippen LogP contribution in [-0.2, 0) is 6.42 Å². The molecule has 96 valence electrons. The van der Waals surface area contributed by atoms with Crippen molar-refractivity contribution in [2.75, 3.05) is 0 Å². The minimum Gasteiger partial charge on any atom is -0.311 e. The third-order valence-corrected chi connectivity index (χ3v) is 4.03. The van der Waals surface area contributed by atoms with E-state index in [1.807, 2.05) is 0 Å². The Hall–Kier alpha value is -0.340. The van der Waals surface area contributed by atoms with E-state index in [0.29, 0.717) is 12.1 Å². The lowest BCUT2D eigenvalue weighted by Gasteiger charge is -2.24. The molecule has 1 aromatic carbocycles. The van der Waals surface area contributed by atoms with Crippen LogP contribution in [0.2, 0.25) is 0 Å². The van der Waals surface area contributed by atoms with Crippen molar-refractivity contribution in [3.63, 3.8) is 0 Å². The highest BCUT2D eigenvalue weighted by Crippen LogP contribution is 2.13. The molecule has 0 saturated heterocycles. The van der Waals surface area contributed by atoms with Gasteiger partial charge in [-0.1, -0.05) is 48.3 Å². The summed E-state index contributed by atoms with van der Waals surface area (Å²) in [6.07, 6.45) is 2.33. The zero-order valence-electron chi connectivity index (χ0n) is 11.3. The van der Waals surface area contributed by atoms with Crippen LogP contribution in [0.4, 0.5) is 0 Å². The number of hydrogen-bond donors (Lipinski definition) is 1. The van der Waals surface area contributed by atoms with Crippen LogP contribution >= 0.6 is 15.9 Å². The zero-order valence-corrected chi connectivity index (χ0v) is 12.9. The Bertz CT molecular complexity index is 320. The van der Waals surface area contributed by atoms with Crippen LogP contribution in [-0.4, -0.2) is 12.1 Å². The van der Waals surface area contributed by atoms with E-state index < -0.39 is 0 Å². The fourth-order valence-electron chi connectivity index (χ4n) is 2.00. The maximum absolute atomic E-state index is 3.68. The van der Waals surface area contributed by atoms with E-state index in [2.05, 4.69) is 73.2 Å². The highest BCUT2D eigenvalue weighted by Gasteiger charge is 2.12. The second-order valence-electron chi connectivity index (χ2n) is 5.07. The molecule has 0 saturated carbocycles. The minimum atomic E-state index is 0.528. The van der Waals surface area contributed by atoms with Gasteiger partial charge >= 0.3 is 0 Å². The molecule has 0 aromatic heterocycles. The van der Waals surface area contributed by atoms with E-state index in [1.54, 1.807) is 0 Å². The van der Waals surface area contributed by atoms with Crippen LogP contribution in [0.5, 0.6) is 0 Å². The lowest BCUT2D eigenvalue weighted by molar-refractivity contribution is 0.355. The van der Waals surface area contributed by atoms with Crippen molar-refractivity contribution in [1.29, 1.82) is 0 Å². The summed E-state index contributed by atoms with van der Waals surface area (Å²) in [5.74, 6) is 0.738. The topological polar surface area (TPSA) is 12.0 Å².